The third-order valence-corrected chi connectivity index (χ3v) is 2.81. The molecule has 1 aromatic rings. The highest BCUT2D eigenvalue weighted by Crippen LogP contribution is 2.29. The lowest BCUT2D eigenvalue weighted by Crippen LogP contribution is -2.32. The molecule has 0 aliphatic carbocycles. The molecule has 1 rings (SSSR count). The van der Waals surface area contributed by atoms with Crippen LogP contribution in [0.5, 0.6) is 0 Å². The van der Waals surface area contributed by atoms with Gasteiger partial charge in [-0.2, -0.15) is 0 Å². The average molecular weight is 275 g/mol. The topological polar surface area (TPSA) is 58.2 Å². The van der Waals surface area contributed by atoms with Crippen LogP contribution in [0, 0.1) is 0 Å². The van der Waals surface area contributed by atoms with Crippen LogP contribution in [0.2, 0.25) is 10.0 Å². The molecule has 0 atom stereocenters. The van der Waals surface area contributed by atoms with Crippen LogP contribution in [0.4, 0.5) is 5.69 Å². The highest BCUT2D eigenvalue weighted by atomic mass is 35.5. The van der Waals surface area contributed by atoms with Gasteiger partial charge in [-0.25, -0.2) is 0 Å². The summed E-state index contributed by atoms with van der Waals surface area (Å²) in [6.07, 6.45) is 0.338. The lowest BCUT2D eigenvalue weighted by molar-refractivity contribution is -0.123. The Bertz CT molecular complexity index is 435. The highest BCUT2D eigenvalue weighted by Gasteiger charge is 2.08. The molecule has 0 unspecified atom stereocenters. The summed E-state index contributed by atoms with van der Waals surface area (Å²) in [7, 11) is 0. The molecule has 0 fully saturated rings. The summed E-state index contributed by atoms with van der Waals surface area (Å²) in [5.41, 5.74) is 0.426. The minimum atomic E-state index is -0.351. The second kappa shape index (κ2) is 6.47. The van der Waals surface area contributed by atoms with Crippen LogP contribution in [-0.4, -0.2) is 18.4 Å². The van der Waals surface area contributed by atoms with Gasteiger partial charge in [0.05, 0.1) is 22.3 Å². The molecule has 1 aromatic carbocycles. The number of carbonyl (C=O) groups is 2. The van der Waals surface area contributed by atoms with E-state index in [2.05, 4.69) is 10.6 Å². The Hall–Kier alpha value is -1.26. The van der Waals surface area contributed by atoms with E-state index in [9.17, 15) is 9.59 Å². The number of carbonyl (C=O) groups excluding carboxylic acids is 2. The minimum Gasteiger partial charge on any atom is -0.347 e. The number of nitrogens with one attached hydrogen (secondary N) is 2. The maximum Gasteiger partial charge on any atom is 0.243 e. The van der Waals surface area contributed by atoms with Crippen LogP contribution in [-0.2, 0) is 9.59 Å². The van der Waals surface area contributed by atoms with Gasteiger partial charge in [0.2, 0.25) is 11.8 Å². The molecule has 4 nitrogen and oxygen atoms in total. The van der Waals surface area contributed by atoms with Gasteiger partial charge in [0.15, 0.2) is 0 Å². The minimum absolute atomic E-state index is 0.0878. The first-order valence-electron chi connectivity index (χ1n) is 5.05. The number of hydrogen-bond acceptors (Lipinski definition) is 2. The molecule has 0 bridgehead atoms. The molecule has 0 saturated heterocycles. The molecule has 0 spiro atoms. The van der Waals surface area contributed by atoms with Gasteiger partial charge in [0.25, 0.3) is 0 Å². The van der Waals surface area contributed by atoms with E-state index >= 15 is 0 Å². The van der Waals surface area contributed by atoms with Gasteiger partial charge in [0, 0.05) is 6.42 Å². The Morgan fingerprint density at radius 3 is 2.59 bits per heavy atom. The van der Waals surface area contributed by atoms with Crippen molar-refractivity contribution >= 4 is 40.7 Å². The van der Waals surface area contributed by atoms with Crippen molar-refractivity contribution in [1.29, 1.82) is 0 Å². The molecule has 17 heavy (non-hydrogen) atoms. The third-order valence-electron chi connectivity index (χ3n) is 1.99. The van der Waals surface area contributed by atoms with Crippen LogP contribution < -0.4 is 10.6 Å². The van der Waals surface area contributed by atoms with Crippen molar-refractivity contribution in [3.63, 3.8) is 0 Å². The van der Waals surface area contributed by atoms with Crippen LogP contribution in [0.1, 0.15) is 13.3 Å². The van der Waals surface area contributed by atoms with E-state index in [1.165, 1.54) is 0 Å². The Morgan fingerprint density at radius 2 is 1.94 bits per heavy atom. The van der Waals surface area contributed by atoms with Gasteiger partial charge in [-0.1, -0.05) is 36.2 Å². The molecule has 2 amide bonds. The van der Waals surface area contributed by atoms with Crippen molar-refractivity contribution in [2.45, 2.75) is 13.3 Å². The third kappa shape index (κ3) is 4.24. The van der Waals surface area contributed by atoms with Crippen molar-refractivity contribution in [2.75, 3.05) is 11.9 Å². The maximum atomic E-state index is 11.5. The summed E-state index contributed by atoms with van der Waals surface area (Å²) in [6, 6.07) is 4.93. The van der Waals surface area contributed by atoms with Crippen molar-refractivity contribution in [3.8, 4) is 0 Å². The standard InChI is InChI=1S/C11H12Cl2N2O2/c1-2-9(16)14-6-10(17)15-8-5-3-4-7(12)11(8)13/h3-5H,2,6H2,1H3,(H,14,16)(H,15,17). The van der Waals surface area contributed by atoms with Crippen LogP contribution in [0.25, 0.3) is 0 Å². The zero-order valence-corrected chi connectivity index (χ0v) is 10.7. The Morgan fingerprint density at radius 1 is 1.24 bits per heavy atom. The van der Waals surface area contributed by atoms with Crippen LogP contribution in [0.3, 0.4) is 0 Å². The zero-order valence-electron chi connectivity index (χ0n) is 9.22. The Labute approximate surface area is 109 Å². The number of anilines is 1. The quantitative estimate of drug-likeness (QED) is 0.886. The van der Waals surface area contributed by atoms with Crippen molar-refractivity contribution in [2.24, 2.45) is 0 Å². The Kier molecular flexibility index (Phi) is 5.25. The predicted octanol–water partition coefficient (Wildman–Crippen LogP) is 2.46. The summed E-state index contributed by atoms with van der Waals surface area (Å²) in [4.78, 5) is 22.4. The van der Waals surface area contributed by atoms with E-state index in [4.69, 9.17) is 23.2 Å². The van der Waals surface area contributed by atoms with Gasteiger partial charge < -0.3 is 10.6 Å². The zero-order chi connectivity index (χ0) is 12.8. The first-order chi connectivity index (χ1) is 8.04. The molecular weight excluding hydrogens is 263 g/mol. The van der Waals surface area contributed by atoms with Crippen LogP contribution in [0.15, 0.2) is 18.2 Å². The molecule has 0 saturated carbocycles. The largest absolute Gasteiger partial charge is 0.347 e. The summed E-state index contributed by atoms with van der Waals surface area (Å²) in [5.74, 6) is -0.534. The highest BCUT2D eigenvalue weighted by molar-refractivity contribution is 6.44. The molecular formula is C11H12Cl2N2O2. The predicted molar refractivity (Wildman–Crippen MR) is 68.4 cm³/mol. The van der Waals surface area contributed by atoms with Gasteiger partial charge in [-0.15, -0.1) is 0 Å². The van der Waals surface area contributed by atoms with Gasteiger partial charge in [0.1, 0.15) is 0 Å². The maximum absolute atomic E-state index is 11.5. The summed E-state index contributed by atoms with van der Waals surface area (Å²) in [6.45, 7) is 1.62. The fourth-order valence-electron chi connectivity index (χ4n) is 1.10. The summed E-state index contributed by atoms with van der Waals surface area (Å²) < 4.78 is 0. The van der Waals surface area contributed by atoms with E-state index in [0.717, 1.165) is 0 Å². The number of hydrogen-bond donors (Lipinski definition) is 2. The van der Waals surface area contributed by atoms with E-state index in [1.807, 2.05) is 0 Å². The molecule has 0 radical (unpaired) electrons. The molecule has 6 heteroatoms. The molecule has 92 valence electrons. The molecule has 0 aliphatic heterocycles. The average Bonchev–Trinajstić information content (AvgIpc) is 2.32. The first kappa shape index (κ1) is 13.8. The SMILES string of the molecule is CCC(=O)NCC(=O)Nc1cccc(Cl)c1Cl. The van der Waals surface area contributed by atoms with E-state index in [-0.39, 0.29) is 23.4 Å². The molecule has 2 N–H and O–H groups in total. The van der Waals surface area contributed by atoms with Crippen molar-refractivity contribution in [3.05, 3.63) is 28.2 Å². The molecule has 0 aliphatic rings. The smallest absolute Gasteiger partial charge is 0.243 e. The monoisotopic (exact) mass is 274 g/mol. The lowest BCUT2D eigenvalue weighted by Gasteiger charge is -2.08. The van der Waals surface area contributed by atoms with Crippen molar-refractivity contribution < 1.29 is 9.59 Å². The summed E-state index contributed by atoms with van der Waals surface area (Å²) >= 11 is 11.7. The fourth-order valence-corrected chi connectivity index (χ4v) is 1.45. The molecule has 0 aromatic heterocycles. The number of amides is 2. The van der Waals surface area contributed by atoms with Crippen LogP contribution >= 0.6 is 23.2 Å². The number of benzene rings is 1. The number of halogens is 2. The second-order valence-electron chi connectivity index (χ2n) is 3.28. The van der Waals surface area contributed by atoms with Gasteiger partial charge in [-0.05, 0) is 12.1 Å². The second-order valence-corrected chi connectivity index (χ2v) is 4.07. The summed E-state index contributed by atoms with van der Waals surface area (Å²) in [5, 5.41) is 5.66. The first-order valence-corrected chi connectivity index (χ1v) is 5.80. The number of rotatable bonds is 4. The lowest BCUT2D eigenvalue weighted by atomic mass is 10.3. The normalized spacial score (nSPS) is 9.82. The van der Waals surface area contributed by atoms with Gasteiger partial charge >= 0.3 is 0 Å². The van der Waals surface area contributed by atoms with E-state index < -0.39 is 0 Å². The van der Waals surface area contributed by atoms with E-state index in [0.29, 0.717) is 17.1 Å². The van der Waals surface area contributed by atoms with E-state index in [1.54, 1.807) is 25.1 Å². The fraction of sp³-hybridized carbons (Fsp3) is 0.273. The molecule has 0 heterocycles. The van der Waals surface area contributed by atoms with Gasteiger partial charge in [-0.3, -0.25) is 9.59 Å². The van der Waals surface area contributed by atoms with Crippen molar-refractivity contribution in [1.82, 2.24) is 5.32 Å². The Balaban J connectivity index is 2.56.